The Bertz CT molecular complexity index is 627. The molecule has 0 unspecified atom stereocenters. The van der Waals surface area contributed by atoms with E-state index in [0.29, 0.717) is 6.54 Å². The summed E-state index contributed by atoms with van der Waals surface area (Å²) in [5.74, 6) is 1.12. The second-order valence-electron chi connectivity index (χ2n) is 5.60. The molecular formula is C17H22N2O2. The number of amides is 1. The first-order valence-electron chi connectivity index (χ1n) is 7.77. The van der Waals surface area contributed by atoms with Crippen LogP contribution in [-0.4, -0.2) is 35.1 Å². The van der Waals surface area contributed by atoms with Crippen LogP contribution in [0.3, 0.4) is 0 Å². The topological polar surface area (TPSA) is 34.5 Å². The number of aromatic nitrogens is 1. The monoisotopic (exact) mass is 286 g/mol. The summed E-state index contributed by atoms with van der Waals surface area (Å²) in [7, 11) is 0. The van der Waals surface area contributed by atoms with Gasteiger partial charge in [-0.05, 0) is 43.5 Å². The van der Waals surface area contributed by atoms with E-state index in [1.54, 1.807) is 0 Å². The van der Waals surface area contributed by atoms with Crippen LogP contribution in [0.25, 0.3) is 10.9 Å². The van der Waals surface area contributed by atoms with Crippen molar-refractivity contribution in [3.63, 3.8) is 0 Å². The highest BCUT2D eigenvalue weighted by atomic mass is 16.5. The third-order valence-corrected chi connectivity index (χ3v) is 3.98. The predicted molar refractivity (Wildman–Crippen MR) is 83.5 cm³/mol. The molecule has 112 valence electrons. The summed E-state index contributed by atoms with van der Waals surface area (Å²) in [6.07, 6.45) is 5.26. The van der Waals surface area contributed by atoms with Crippen LogP contribution in [-0.2, 0) is 11.3 Å². The second kappa shape index (κ2) is 6.20. The lowest BCUT2D eigenvalue weighted by atomic mass is 10.2. The van der Waals surface area contributed by atoms with Crippen LogP contribution >= 0.6 is 0 Å². The fourth-order valence-electron chi connectivity index (χ4n) is 2.84. The van der Waals surface area contributed by atoms with Gasteiger partial charge in [-0.25, -0.2) is 0 Å². The van der Waals surface area contributed by atoms with E-state index in [2.05, 4.69) is 6.92 Å². The Morgan fingerprint density at radius 2 is 2.05 bits per heavy atom. The molecule has 0 bridgehead atoms. The van der Waals surface area contributed by atoms with Crippen molar-refractivity contribution in [1.29, 1.82) is 0 Å². The highest BCUT2D eigenvalue weighted by molar-refractivity contribution is 5.84. The third kappa shape index (κ3) is 3.04. The van der Waals surface area contributed by atoms with Crippen molar-refractivity contribution in [3.8, 4) is 5.75 Å². The number of hydrogen-bond acceptors (Lipinski definition) is 2. The van der Waals surface area contributed by atoms with Crippen LogP contribution in [0.2, 0.25) is 0 Å². The van der Waals surface area contributed by atoms with E-state index in [4.69, 9.17) is 4.74 Å². The van der Waals surface area contributed by atoms with E-state index >= 15 is 0 Å². The molecule has 1 aromatic heterocycles. The summed E-state index contributed by atoms with van der Waals surface area (Å²) in [5, 5.41) is 1.12. The van der Waals surface area contributed by atoms with Crippen molar-refractivity contribution < 1.29 is 9.53 Å². The maximum Gasteiger partial charge on any atom is 0.242 e. The number of fused-ring (bicyclic) bond motifs is 1. The molecule has 0 radical (unpaired) electrons. The largest absolute Gasteiger partial charge is 0.494 e. The molecule has 21 heavy (non-hydrogen) atoms. The zero-order chi connectivity index (χ0) is 14.7. The Kier molecular flexibility index (Phi) is 4.13. The Labute approximate surface area is 125 Å². The zero-order valence-electron chi connectivity index (χ0n) is 12.5. The lowest BCUT2D eigenvalue weighted by Crippen LogP contribution is -2.30. The summed E-state index contributed by atoms with van der Waals surface area (Å²) < 4.78 is 7.68. The van der Waals surface area contributed by atoms with E-state index < -0.39 is 0 Å². The average molecular weight is 286 g/mol. The van der Waals surface area contributed by atoms with Gasteiger partial charge in [0.2, 0.25) is 5.91 Å². The van der Waals surface area contributed by atoms with Crippen LogP contribution in [0.4, 0.5) is 0 Å². The summed E-state index contributed by atoms with van der Waals surface area (Å²) >= 11 is 0. The first-order chi connectivity index (χ1) is 10.3. The van der Waals surface area contributed by atoms with Crippen molar-refractivity contribution in [2.75, 3.05) is 19.7 Å². The van der Waals surface area contributed by atoms with E-state index in [1.165, 1.54) is 0 Å². The summed E-state index contributed by atoms with van der Waals surface area (Å²) in [5.41, 5.74) is 1.09. The Morgan fingerprint density at radius 1 is 1.24 bits per heavy atom. The van der Waals surface area contributed by atoms with Gasteiger partial charge in [0.25, 0.3) is 0 Å². The maximum atomic E-state index is 12.2. The standard InChI is InChI=1S/C17H22N2O2/c1-2-11-21-15-5-6-16-14(12-15)7-10-19(16)13-17(20)18-8-3-4-9-18/h5-7,10,12H,2-4,8-9,11,13H2,1H3. The fourth-order valence-corrected chi connectivity index (χ4v) is 2.84. The quantitative estimate of drug-likeness (QED) is 0.846. The Hall–Kier alpha value is -1.97. The first-order valence-corrected chi connectivity index (χ1v) is 7.77. The lowest BCUT2D eigenvalue weighted by Gasteiger charge is -2.16. The minimum atomic E-state index is 0.219. The predicted octanol–water partition coefficient (Wildman–Crippen LogP) is 3.05. The number of carbonyl (C=O) groups is 1. The van der Waals surface area contributed by atoms with Gasteiger partial charge >= 0.3 is 0 Å². The fraction of sp³-hybridized carbons (Fsp3) is 0.471. The number of carbonyl (C=O) groups excluding carboxylic acids is 1. The van der Waals surface area contributed by atoms with Gasteiger partial charge < -0.3 is 14.2 Å². The number of ether oxygens (including phenoxy) is 1. The molecule has 0 N–H and O–H groups in total. The third-order valence-electron chi connectivity index (χ3n) is 3.98. The van der Waals surface area contributed by atoms with Crippen molar-refractivity contribution in [2.24, 2.45) is 0 Å². The first kappa shape index (κ1) is 14.0. The molecule has 1 aliphatic rings. The smallest absolute Gasteiger partial charge is 0.242 e. The molecule has 1 amide bonds. The number of rotatable bonds is 5. The minimum Gasteiger partial charge on any atom is -0.494 e. The normalized spacial score (nSPS) is 14.8. The van der Waals surface area contributed by atoms with Gasteiger partial charge in [-0.3, -0.25) is 4.79 Å². The van der Waals surface area contributed by atoms with Gasteiger partial charge in [-0.15, -0.1) is 0 Å². The van der Waals surface area contributed by atoms with E-state index in [1.807, 2.05) is 39.9 Å². The van der Waals surface area contributed by atoms with Crippen LogP contribution in [0.15, 0.2) is 30.5 Å². The molecule has 2 aromatic rings. The number of benzene rings is 1. The van der Waals surface area contributed by atoms with Crippen LogP contribution < -0.4 is 4.74 Å². The van der Waals surface area contributed by atoms with Gasteiger partial charge in [0.15, 0.2) is 0 Å². The molecule has 0 spiro atoms. The van der Waals surface area contributed by atoms with Crippen LogP contribution in [0, 0.1) is 0 Å². The molecule has 1 fully saturated rings. The maximum absolute atomic E-state index is 12.2. The summed E-state index contributed by atoms with van der Waals surface area (Å²) in [6.45, 7) is 5.08. The SMILES string of the molecule is CCCOc1ccc2c(ccn2CC(=O)N2CCCC2)c1. The molecule has 1 saturated heterocycles. The molecule has 2 heterocycles. The van der Waals surface area contributed by atoms with Crippen LogP contribution in [0.5, 0.6) is 5.75 Å². The van der Waals surface area contributed by atoms with Crippen molar-refractivity contribution in [2.45, 2.75) is 32.7 Å². The average Bonchev–Trinajstić information content (AvgIpc) is 3.15. The molecule has 4 heteroatoms. The molecule has 0 saturated carbocycles. The number of likely N-dealkylation sites (tertiary alicyclic amines) is 1. The van der Waals surface area contributed by atoms with Gasteiger partial charge in [0.1, 0.15) is 12.3 Å². The molecular weight excluding hydrogens is 264 g/mol. The van der Waals surface area contributed by atoms with Gasteiger partial charge in [-0.2, -0.15) is 0 Å². The van der Waals surface area contributed by atoms with E-state index in [9.17, 15) is 4.79 Å². The van der Waals surface area contributed by atoms with Gasteiger partial charge in [0.05, 0.1) is 6.61 Å². The minimum absolute atomic E-state index is 0.219. The molecule has 4 nitrogen and oxygen atoms in total. The highest BCUT2D eigenvalue weighted by Crippen LogP contribution is 2.22. The number of hydrogen-bond donors (Lipinski definition) is 0. The summed E-state index contributed by atoms with van der Waals surface area (Å²) in [4.78, 5) is 14.2. The van der Waals surface area contributed by atoms with E-state index in [0.717, 1.165) is 55.6 Å². The van der Waals surface area contributed by atoms with Crippen molar-refractivity contribution in [3.05, 3.63) is 30.5 Å². The summed E-state index contributed by atoms with van der Waals surface area (Å²) in [6, 6.07) is 8.11. The Balaban J connectivity index is 1.75. The van der Waals surface area contributed by atoms with Gasteiger partial charge in [0, 0.05) is 30.2 Å². The zero-order valence-corrected chi connectivity index (χ0v) is 12.5. The lowest BCUT2D eigenvalue weighted by molar-refractivity contribution is -0.130. The highest BCUT2D eigenvalue weighted by Gasteiger charge is 2.18. The van der Waals surface area contributed by atoms with Crippen molar-refractivity contribution in [1.82, 2.24) is 9.47 Å². The number of nitrogens with zero attached hydrogens (tertiary/aromatic N) is 2. The molecule has 3 rings (SSSR count). The second-order valence-corrected chi connectivity index (χ2v) is 5.60. The van der Waals surface area contributed by atoms with Crippen LogP contribution in [0.1, 0.15) is 26.2 Å². The van der Waals surface area contributed by atoms with Crippen molar-refractivity contribution >= 4 is 16.8 Å². The molecule has 1 aliphatic heterocycles. The molecule has 0 atom stereocenters. The Morgan fingerprint density at radius 3 is 2.81 bits per heavy atom. The molecule has 0 aliphatic carbocycles. The molecule has 1 aromatic carbocycles. The van der Waals surface area contributed by atoms with Gasteiger partial charge in [-0.1, -0.05) is 6.92 Å². The van der Waals surface area contributed by atoms with E-state index in [-0.39, 0.29) is 5.91 Å².